The van der Waals surface area contributed by atoms with Gasteiger partial charge in [0, 0.05) is 22.0 Å². The molecule has 0 saturated heterocycles. The van der Waals surface area contributed by atoms with Crippen molar-refractivity contribution >= 4 is 27.9 Å². The van der Waals surface area contributed by atoms with Gasteiger partial charge < -0.3 is 0 Å². The molecule has 0 N–H and O–H groups in total. The number of fused-ring (bicyclic) bond motifs is 3. The van der Waals surface area contributed by atoms with Gasteiger partial charge in [-0.15, -0.1) is 0 Å². The van der Waals surface area contributed by atoms with Crippen molar-refractivity contribution in [2.45, 2.75) is 40.0 Å². The van der Waals surface area contributed by atoms with Gasteiger partial charge in [-0.1, -0.05) is 18.5 Å². The third kappa shape index (κ3) is 1.63. The van der Waals surface area contributed by atoms with Crippen molar-refractivity contribution in [2.24, 2.45) is 5.92 Å². The van der Waals surface area contributed by atoms with Gasteiger partial charge in [0.05, 0.1) is 10.5 Å². The molecule has 0 spiro atoms. The summed E-state index contributed by atoms with van der Waals surface area (Å²) in [5.41, 5.74) is 5.52. The van der Waals surface area contributed by atoms with E-state index in [9.17, 15) is 4.79 Å². The lowest BCUT2D eigenvalue weighted by molar-refractivity contribution is 0.493. The van der Waals surface area contributed by atoms with E-state index in [1.54, 1.807) is 0 Å². The smallest absolute Gasteiger partial charge is 0.259 e. The van der Waals surface area contributed by atoms with Gasteiger partial charge in [0.15, 0.2) is 0 Å². The predicted molar refractivity (Wildman–Crippen MR) is 88.0 cm³/mol. The number of halogens is 1. The normalized spacial score (nSPS) is 18.6. The van der Waals surface area contributed by atoms with E-state index >= 15 is 0 Å². The Bertz CT molecular complexity index is 938. The highest BCUT2D eigenvalue weighted by molar-refractivity contribution is 6.36. The highest BCUT2D eigenvalue weighted by atomic mass is 35.5. The van der Waals surface area contributed by atoms with Crippen LogP contribution in [0.15, 0.2) is 16.9 Å². The maximum atomic E-state index is 12.8. The summed E-state index contributed by atoms with van der Waals surface area (Å²) >= 11 is 6.47. The molecule has 1 unspecified atom stereocenters. The van der Waals surface area contributed by atoms with Crippen molar-refractivity contribution in [3.63, 3.8) is 0 Å². The number of benzene rings is 1. The number of hydrogen-bond donors (Lipinski definition) is 0. The van der Waals surface area contributed by atoms with Crippen molar-refractivity contribution in [3.8, 4) is 0 Å². The maximum Gasteiger partial charge on any atom is 0.259 e. The molecule has 0 fully saturated rings. The van der Waals surface area contributed by atoms with Crippen molar-refractivity contribution in [2.75, 3.05) is 0 Å². The fourth-order valence-corrected chi connectivity index (χ4v) is 4.07. The first kappa shape index (κ1) is 13.1. The minimum atomic E-state index is 0.0525. The average Bonchev–Trinajstić information content (AvgIpc) is 2.76. The first-order valence-corrected chi connectivity index (χ1v) is 7.95. The molecule has 0 aliphatic heterocycles. The number of pyridine rings is 1. The van der Waals surface area contributed by atoms with Crippen LogP contribution in [0.25, 0.3) is 16.3 Å². The van der Waals surface area contributed by atoms with Crippen LogP contribution in [0.2, 0.25) is 5.02 Å². The standard InChI is InChI=1S/C18H18ClNO/c1-9-4-5-12-13-6-10(2)7-14-16(19)11(3)18(21)20(17(13)14)15(12)8-9/h6-7,9H,4-5,8H2,1-3H3. The lowest BCUT2D eigenvalue weighted by atomic mass is 9.88. The molecule has 0 saturated carbocycles. The molecule has 3 heteroatoms. The molecule has 3 aromatic rings. The molecular formula is C18H18ClNO. The Morgan fingerprint density at radius 3 is 2.71 bits per heavy atom. The summed E-state index contributed by atoms with van der Waals surface area (Å²) in [5.74, 6) is 0.636. The number of hydrogen-bond acceptors (Lipinski definition) is 1. The molecule has 0 radical (unpaired) electrons. The van der Waals surface area contributed by atoms with E-state index in [-0.39, 0.29) is 5.56 Å². The van der Waals surface area contributed by atoms with Crippen LogP contribution < -0.4 is 5.56 Å². The summed E-state index contributed by atoms with van der Waals surface area (Å²) in [6.45, 7) is 6.20. The quantitative estimate of drug-likeness (QED) is 0.607. The molecule has 0 bridgehead atoms. The van der Waals surface area contributed by atoms with Crippen LogP contribution >= 0.6 is 11.6 Å². The molecule has 4 rings (SSSR count). The fraction of sp³-hybridized carbons (Fsp3) is 0.389. The van der Waals surface area contributed by atoms with Crippen molar-refractivity contribution in [3.05, 3.63) is 49.9 Å². The van der Waals surface area contributed by atoms with Crippen LogP contribution in [0.5, 0.6) is 0 Å². The second kappa shape index (κ2) is 4.23. The first-order valence-electron chi connectivity index (χ1n) is 7.57. The van der Waals surface area contributed by atoms with Crippen molar-refractivity contribution in [1.29, 1.82) is 0 Å². The lowest BCUT2D eigenvalue weighted by Crippen LogP contribution is -2.21. The summed E-state index contributed by atoms with van der Waals surface area (Å²) in [6, 6.07) is 4.31. The zero-order valence-electron chi connectivity index (χ0n) is 12.6. The van der Waals surface area contributed by atoms with Crippen molar-refractivity contribution in [1.82, 2.24) is 4.40 Å². The molecular weight excluding hydrogens is 282 g/mol. The van der Waals surface area contributed by atoms with Gasteiger partial charge >= 0.3 is 0 Å². The largest absolute Gasteiger partial charge is 0.279 e. The first-order chi connectivity index (χ1) is 9.99. The second-order valence-electron chi connectivity index (χ2n) is 6.56. The van der Waals surface area contributed by atoms with Gasteiger partial charge in [-0.05, 0) is 62.3 Å². The molecule has 1 aliphatic carbocycles. The average molecular weight is 300 g/mol. The molecule has 2 heterocycles. The number of aryl methyl sites for hydroxylation is 2. The van der Waals surface area contributed by atoms with Crippen LogP contribution in [0.1, 0.15) is 35.7 Å². The Hall–Kier alpha value is -1.54. The van der Waals surface area contributed by atoms with Crippen LogP contribution in [-0.2, 0) is 12.8 Å². The van der Waals surface area contributed by atoms with E-state index in [1.165, 1.54) is 28.6 Å². The zero-order chi connectivity index (χ0) is 14.9. The van der Waals surface area contributed by atoms with E-state index in [0.717, 1.165) is 23.7 Å². The highest BCUT2D eigenvalue weighted by Gasteiger charge is 2.26. The van der Waals surface area contributed by atoms with Gasteiger partial charge in [0.25, 0.3) is 5.56 Å². The summed E-state index contributed by atoms with van der Waals surface area (Å²) < 4.78 is 1.94. The number of aromatic nitrogens is 1. The number of nitrogens with zero attached hydrogens (tertiary/aromatic N) is 1. The van der Waals surface area contributed by atoms with Gasteiger partial charge in [-0.2, -0.15) is 0 Å². The monoisotopic (exact) mass is 299 g/mol. The minimum absolute atomic E-state index is 0.0525. The molecule has 2 nitrogen and oxygen atoms in total. The summed E-state index contributed by atoms with van der Waals surface area (Å²) in [4.78, 5) is 12.8. The second-order valence-corrected chi connectivity index (χ2v) is 6.94. The van der Waals surface area contributed by atoms with E-state index in [4.69, 9.17) is 11.6 Å². The molecule has 1 aliphatic rings. The van der Waals surface area contributed by atoms with Crippen LogP contribution in [0.4, 0.5) is 0 Å². The van der Waals surface area contributed by atoms with Crippen LogP contribution in [0.3, 0.4) is 0 Å². The third-order valence-corrected chi connectivity index (χ3v) is 5.43. The summed E-state index contributed by atoms with van der Waals surface area (Å²) in [5, 5.41) is 2.86. The Morgan fingerprint density at radius 1 is 1.24 bits per heavy atom. The van der Waals surface area contributed by atoms with Gasteiger partial charge in [0.1, 0.15) is 0 Å². The SMILES string of the molecule is Cc1cc2c(Cl)c(C)c(=O)n3c4c(c(c1)c23)CCC(C)C4. The Kier molecular flexibility index (Phi) is 2.65. The van der Waals surface area contributed by atoms with Crippen LogP contribution in [-0.4, -0.2) is 4.40 Å². The van der Waals surface area contributed by atoms with Gasteiger partial charge in [0.2, 0.25) is 0 Å². The van der Waals surface area contributed by atoms with E-state index in [1.807, 2.05) is 11.3 Å². The molecule has 2 aromatic heterocycles. The molecule has 1 aromatic carbocycles. The Labute approximate surface area is 128 Å². The van der Waals surface area contributed by atoms with Gasteiger partial charge in [-0.25, -0.2) is 0 Å². The summed E-state index contributed by atoms with van der Waals surface area (Å²) in [6.07, 6.45) is 3.25. The highest BCUT2D eigenvalue weighted by Crippen LogP contribution is 2.38. The summed E-state index contributed by atoms with van der Waals surface area (Å²) in [7, 11) is 0. The van der Waals surface area contributed by atoms with Gasteiger partial charge in [-0.3, -0.25) is 9.20 Å². The molecule has 21 heavy (non-hydrogen) atoms. The lowest BCUT2D eigenvalue weighted by Gasteiger charge is -2.19. The number of rotatable bonds is 0. The fourth-order valence-electron chi connectivity index (χ4n) is 3.85. The molecule has 0 amide bonds. The van der Waals surface area contributed by atoms with Crippen molar-refractivity contribution < 1.29 is 0 Å². The van der Waals surface area contributed by atoms with E-state index in [0.29, 0.717) is 16.5 Å². The molecule has 1 atom stereocenters. The maximum absolute atomic E-state index is 12.8. The minimum Gasteiger partial charge on any atom is -0.279 e. The zero-order valence-corrected chi connectivity index (χ0v) is 13.3. The Morgan fingerprint density at radius 2 is 1.95 bits per heavy atom. The molecule has 108 valence electrons. The topological polar surface area (TPSA) is 21.5 Å². The van der Waals surface area contributed by atoms with E-state index < -0.39 is 0 Å². The Balaban J connectivity index is 2.32. The predicted octanol–water partition coefficient (Wildman–Crippen LogP) is 4.29. The van der Waals surface area contributed by atoms with Crippen LogP contribution in [0, 0.1) is 19.8 Å². The third-order valence-electron chi connectivity index (χ3n) is 4.94. The van der Waals surface area contributed by atoms with E-state index in [2.05, 4.69) is 26.0 Å².